The average Bonchev–Trinajstić information content (AvgIpc) is 3.43. The average molecular weight is 358 g/mol. The number of carbonyl (C=O) groups is 2. The summed E-state index contributed by atoms with van der Waals surface area (Å²) in [5.41, 5.74) is 3.23. The Morgan fingerprint density at radius 2 is 1.72 bits per heavy atom. The lowest BCUT2D eigenvalue weighted by atomic mass is 10.2. The number of hydrogen-bond donors (Lipinski definition) is 3. The van der Waals surface area contributed by atoms with Crippen LogP contribution in [0.25, 0.3) is 0 Å². The topological polar surface area (TPSA) is 70.2 Å². The number of amides is 2. The van der Waals surface area contributed by atoms with Crippen molar-refractivity contribution in [2.24, 2.45) is 5.92 Å². The van der Waals surface area contributed by atoms with Crippen molar-refractivity contribution in [2.45, 2.75) is 19.8 Å². The van der Waals surface area contributed by atoms with E-state index in [1.165, 1.54) is 0 Å². The van der Waals surface area contributed by atoms with Gasteiger partial charge in [-0.25, -0.2) is 0 Å². The number of halogens is 1. The van der Waals surface area contributed by atoms with Gasteiger partial charge in [0.05, 0.1) is 6.54 Å². The first-order valence-corrected chi connectivity index (χ1v) is 8.60. The van der Waals surface area contributed by atoms with Crippen LogP contribution in [0.2, 0.25) is 5.02 Å². The Bertz CT molecular complexity index is 786. The van der Waals surface area contributed by atoms with E-state index in [4.69, 9.17) is 11.6 Å². The van der Waals surface area contributed by atoms with Gasteiger partial charge in [-0.2, -0.15) is 0 Å². The first-order valence-electron chi connectivity index (χ1n) is 8.22. The molecular weight excluding hydrogens is 338 g/mol. The summed E-state index contributed by atoms with van der Waals surface area (Å²) >= 11 is 5.95. The minimum Gasteiger partial charge on any atom is -0.376 e. The lowest BCUT2D eigenvalue weighted by Gasteiger charge is -2.11. The molecule has 0 aliphatic heterocycles. The number of anilines is 3. The molecule has 0 unspecified atom stereocenters. The van der Waals surface area contributed by atoms with Crippen molar-refractivity contribution in [3.8, 4) is 0 Å². The first kappa shape index (κ1) is 17.3. The van der Waals surface area contributed by atoms with E-state index < -0.39 is 0 Å². The van der Waals surface area contributed by atoms with E-state index in [0.717, 1.165) is 29.8 Å². The third kappa shape index (κ3) is 4.97. The predicted octanol–water partition coefficient (Wildman–Crippen LogP) is 4.05. The van der Waals surface area contributed by atoms with Crippen LogP contribution in [0.15, 0.2) is 42.5 Å². The van der Waals surface area contributed by atoms with E-state index in [9.17, 15) is 9.59 Å². The molecule has 1 saturated carbocycles. The second kappa shape index (κ2) is 7.57. The maximum absolute atomic E-state index is 12.1. The number of rotatable bonds is 6. The number of nitrogens with one attached hydrogen (secondary N) is 3. The van der Waals surface area contributed by atoms with Gasteiger partial charge in [-0.15, -0.1) is 0 Å². The zero-order valence-electron chi connectivity index (χ0n) is 13.9. The molecular formula is C19H20ClN3O2. The molecule has 2 amide bonds. The van der Waals surface area contributed by atoms with Gasteiger partial charge in [0, 0.05) is 28.0 Å². The van der Waals surface area contributed by atoms with Crippen molar-refractivity contribution in [1.82, 2.24) is 0 Å². The summed E-state index contributed by atoms with van der Waals surface area (Å²) in [5, 5.41) is 9.35. The molecule has 3 N–H and O–H groups in total. The second-order valence-corrected chi connectivity index (χ2v) is 6.64. The molecule has 0 saturated heterocycles. The van der Waals surface area contributed by atoms with Crippen LogP contribution in [-0.4, -0.2) is 18.4 Å². The molecule has 2 aromatic rings. The summed E-state index contributed by atoms with van der Waals surface area (Å²) < 4.78 is 0. The van der Waals surface area contributed by atoms with Crippen LogP contribution in [-0.2, 0) is 9.59 Å². The fourth-order valence-electron chi connectivity index (χ4n) is 2.37. The van der Waals surface area contributed by atoms with Gasteiger partial charge in [0.1, 0.15) is 0 Å². The summed E-state index contributed by atoms with van der Waals surface area (Å²) in [5.74, 6) is 0.102. The molecule has 1 fully saturated rings. The summed E-state index contributed by atoms with van der Waals surface area (Å²) in [6.45, 7) is 2.05. The molecule has 1 aliphatic carbocycles. The maximum atomic E-state index is 12.1. The van der Waals surface area contributed by atoms with Crippen LogP contribution in [0, 0.1) is 12.8 Å². The van der Waals surface area contributed by atoms with Gasteiger partial charge in [-0.05, 0) is 61.7 Å². The van der Waals surface area contributed by atoms with Crippen LogP contribution >= 0.6 is 11.6 Å². The Balaban J connectivity index is 1.49. The summed E-state index contributed by atoms with van der Waals surface area (Å²) in [6.07, 6.45) is 1.96. The van der Waals surface area contributed by atoms with Gasteiger partial charge < -0.3 is 16.0 Å². The molecule has 1 aliphatic rings. The molecule has 130 valence electrons. The predicted molar refractivity (Wildman–Crippen MR) is 101 cm³/mol. The van der Waals surface area contributed by atoms with Crippen molar-refractivity contribution in [2.75, 3.05) is 22.5 Å². The van der Waals surface area contributed by atoms with E-state index >= 15 is 0 Å². The summed E-state index contributed by atoms with van der Waals surface area (Å²) in [4.78, 5) is 23.8. The van der Waals surface area contributed by atoms with Crippen molar-refractivity contribution in [3.63, 3.8) is 0 Å². The fourth-order valence-corrected chi connectivity index (χ4v) is 2.54. The summed E-state index contributed by atoms with van der Waals surface area (Å²) in [7, 11) is 0. The zero-order chi connectivity index (χ0) is 17.8. The van der Waals surface area contributed by atoms with Crippen molar-refractivity contribution >= 4 is 40.5 Å². The van der Waals surface area contributed by atoms with Crippen molar-refractivity contribution in [3.05, 3.63) is 53.1 Å². The minimum atomic E-state index is -0.156. The van der Waals surface area contributed by atoms with Crippen LogP contribution in [0.1, 0.15) is 18.4 Å². The van der Waals surface area contributed by atoms with Gasteiger partial charge in [0.25, 0.3) is 0 Å². The molecule has 6 heteroatoms. The number of aryl methyl sites for hydroxylation is 1. The van der Waals surface area contributed by atoms with Crippen molar-refractivity contribution < 1.29 is 9.59 Å². The molecule has 0 atom stereocenters. The zero-order valence-corrected chi connectivity index (χ0v) is 14.7. The van der Waals surface area contributed by atoms with Gasteiger partial charge in [-0.3, -0.25) is 9.59 Å². The Morgan fingerprint density at radius 1 is 1.04 bits per heavy atom. The van der Waals surface area contributed by atoms with Gasteiger partial charge in [0.2, 0.25) is 11.8 Å². The van der Waals surface area contributed by atoms with Crippen LogP contribution < -0.4 is 16.0 Å². The lowest BCUT2D eigenvalue weighted by Crippen LogP contribution is -2.22. The number of hydrogen-bond acceptors (Lipinski definition) is 3. The quantitative estimate of drug-likeness (QED) is 0.730. The Labute approximate surface area is 151 Å². The lowest BCUT2D eigenvalue weighted by molar-refractivity contribution is -0.117. The Morgan fingerprint density at radius 3 is 2.40 bits per heavy atom. The normalized spacial score (nSPS) is 13.2. The molecule has 3 rings (SSSR count). The highest BCUT2D eigenvalue weighted by Crippen LogP contribution is 2.30. The standard InChI is InChI=1S/C19H20ClN3O2/c1-12-2-5-14(20)10-17(12)23-18(24)11-21-15-6-8-16(9-7-15)22-19(25)13-3-4-13/h2,5-10,13,21H,3-4,11H2,1H3,(H,22,25)(H,23,24). The first-order chi connectivity index (χ1) is 12.0. The van der Waals surface area contributed by atoms with Crippen LogP contribution in [0.3, 0.4) is 0 Å². The van der Waals surface area contributed by atoms with E-state index in [-0.39, 0.29) is 24.3 Å². The number of benzene rings is 2. The van der Waals surface area contributed by atoms with Crippen molar-refractivity contribution in [1.29, 1.82) is 0 Å². The molecule has 0 bridgehead atoms. The SMILES string of the molecule is Cc1ccc(Cl)cc1NC(=O)CNc1ccc(NC(=O)C2CC2)cc1. The molecule has 25 heavy (non-hydrogen) atoms. The molecule has 0 spiro atoms. The van der Waals surface area contributed by atoms with E-state index in [1.54, 1.807) is 12.1 Å². The highest BCUT2D eigenvalue weighted by molar-refractivity contribution is 6.31. The monoisotopic (exact) mass is 357 g/mol. The summed E-state index contributed by atoms with van der Waals surface area (Å²) in [6, 6.07) is 12.7. The molecule has 2 aromatic carbocycles. The molecule has 0 heterocycles. The van der Waals surface area contributed by atoms with Gasteiger partial charge in [0.15, 0.2) is 0 Å². The smallest absolute Gasteiger partial charge is 0.243 e. The Kier molecular flexibility index (Phi) is 5.24. The van der Waals surface area contributed by atoms with Crippen LogP contribution in [0.4, 0.5) is 17.1 Å². The molecule has 0 aromatic heterocycles. The molecule has 5 nitrogen and oxygen atoms in total. The van der Waals surface area contributed by atoms with E-state index in [1.807, 2.05) is 37.3 Å². The fraction of sp³-hybridized carbons (Fsp3) is 0.263. The third-order valence-electron chi connectivity index (χ3n) is 4.03. The third-order valence-corrected chi connectivity index (χ3v) is 4.26. The van der Waals surface area contributed by atoms with Gasteiger partial charge >= 0.3 is 0 Å². The second-order valence-electron chi connectivity index (χ2n) is 6.20. The van der Waals surface area contributed by atoms with E-state index in [0.29, 0.717) is 10.7 Å². The van der Waals surface area contributed by atoms with Gasteiger partial charge in [-0.1, -0.05) is 17.7 Å². The maximum Gasteiger partial charge on any atom is 0.243 e. The number of carbonyl (C=O) groups excluding carboxylic acids is 2. The largest absolute Gasteiger partial charge is 0.376 e. The van der Waals surface area contributed by atoms with Crippen LogP contribution in [0.5, 0.6) is 0 Å². The van der Waals surface area contributed by atoms with E-state index in [2.05, 4.69) is 16.0 Å². The Hall–Kier alpha value is -2.53. The highest BCUT2D eigenvalue weighted by atomic mass is 35.5. The highest BCUT2D eigenvalue weighted by Gasteiger charge is 2.29. The molecule has 0 radical (unpaired) electrons. The minimum absolute atomic E-state index is 0.0805.